The predicted molar refractivity (Wildman–Crippen MR) is 68.1 cm³/mol. The average Bonchev–Trinajstić information content (AvgIpc) is 2.25. The Bertz CT molecular complexity index is 351. The van der Waals surface area contributed by atoms with Gasteiger partial charge in [-0.1, -0.05) is 20.8 Å². The van der Waals surface area contributed by atoms with Gasteiger partial charge in [-0.15, -0.1) is 0 Å². The minimum atomic E-state index is -0.833. The number of carboxylic acid groups (broad SMARTS) is 1. The highest BCUT2D eigenvalue weighted by atomic mass is 79.9. The van der Waals surface area contributed by atoms with E-state index >= 15 is 0 Å². The molecule has 0 aliphatic rings. The monoisotopic (exact) mass is 310 g/mol. The lowest BCUT2D eigenvalue weighted by Crippen LogP contribution is -1.89. The van der Waals surface area contributed by atoms with E-state index < -0.39 is 17.6 Å². The van der Waals surface area contributed by atoms with E-state index in [0.29, 0.717) is 16.5 Å². The molecule has 0 amide bonds. The second kappa shape index (κ2) is 10.2. The van der Waals surface area contributed by atoms with E-state index in [9.17, 15) is 8.78 Å². The van der Waals surface area contributed by atoms with E-state index in [1.54, 1.807) is 0 Å². The predicted octanol–water partition coefficient (Wildman–Crippen LogP) is 4.41. The molecule has 0 aliphatic carbocycles. The van der Waals surface area contributed by atoms with E-state index in [1.165, 1.54) is 6.07 Å². The van der Waals surface area contributed by atoms with Crippen molar-refractivity contribution in [2.45, 2.75) is 34.1 Å². The van der Waals surface area contributed by atoms with E-state index in [-0.39, 0.29) is 0 Å². The number of hydrogen-bond acceptors (Lipinski definition) is 1. The zero-order valence-electron chi connectivity index (χ0n) is 10.4. The van der Waals surface area contributed by atoms with Crippen LogP contribution >= 0.6 is 15.9 Å². The summed E-state index contributed by atoms with van der Waals surface area (Å²) in [5.74, 6) is -1.90. The first kappa shape index (κ1) is 18.4. The van der Waals surface area contributed by atoms with Crippen LogP contribution in [0, 0.1) is 11.6 Å². The van der Waals surface area contributed by atoms with Crippen molar-refractivity contribution in [1.82, 2.24) is 0 Å². The molecular weight excluding hydrogens is 294 g/mol. The van der Waals surface area contributed by atoms with Gasteiger partial charge < -0.3 is 5.11 Å². The number of halogens is 3. The second-order valence-corrected chi connectivity index (χ2v) is 3.53. The van der Waals surface area contributed by atoms with Crippen molar-refractivity contribution in [3.63, 3.8) is 0 Å². The zero-order chi connectivity index (χ0) is 14.0. The number of aliphatic carboxylic acids is 1. The van der Waals surface area contributed by atoms with Crippen LogP contribution in [0.2, 0.25) is 0 Å². The lowest BCUT2D eigenvalue weighted by atomic mass is 10.2. The molecule has 0 radical (unpaired) electrons. The van der Waals surface area contributed by atoms with Crippen LogP contribution in [0.15, 0.2) is 16.6 Å². The van der Waals surface area contributed by atoms with Gasteiger partial charge in [0.1, 0.15) is 11.6 Å². The molecule has 1 aromatic rings. The summed E-state index contributed by atoms with van der Waals surface area (Å²) < 4.78 is 25.6. The maximum absolute atomic E-state index is 12.7. The van der Waals surface area contributed by atoms with Crippen LogP contribution in [0.25, 0.3) is 0 Å². The van der Waals surface area contributed by atoms with Gasteiger partial charge in [-0.3, -0.25) is 4.79 Å². The van der Waals surface area contributed by atoms with Crippen molar-refractivity contribution in [2.24, 2.45) is 0 Å². The van der Waals surface area contributed by atoms with Gasteiger partial charge in [-0.25, -0.2) is 8.78 Å². The van der Waals surface area contributed by atoms with E-state index in [2.05, 4.69) is 15.9 Å². The first-order valence-corrected chi connectivity index (χ1v) is 6.00. The molecule has 1 N–H and O–H groups in total. The Hall–Kier alpha value is -0.970. The molecule has 5 heteroatoms. The Morgan fingerprint density at radius 3 is 2.12 bits per heavy atom. The number of benzene rings is 1. The fourth-order valence-electron chi connectivity index (χ4n) is 0.867. The first-order chi connectivity index (χ1) is 7.88. The Kier molecular flexibility index (Phi) is 11.0. The Labute approximate surface area is 109 Å². The summed E-state index contributed by atoms with van der Waals surface area (Å²) >= 11 is 3.03. The highest BCUT2D eigenvalue weighted by Crippen LogP contribution is 2.22. The molecule has 0 heterocycles. The molecule has 0 unspecified atom stereocenters. The molecule has 0 saturated heterocycles. The number of hydrogen-bond donors (Lipinski definition) is 1. The summed E-state index contributed by atoms with van der Waals surface area (Å²) in [7, 11) is 0. The zero-order valence-corrected chi connectivity index (χ0v) is 11.9. The Balaban J connectivity index is 0. The van der Waals surface area contributed by atoms with Gasteiger partial charge in [0.15, 0.2) is 0 Å². The quantitative estimate of drug-likeness (QED) is 0.780. The lowest BCUT2D eigenvalue weighted by molar-refractivity contribution is -0.134. The van der Waals surface area contributed by atoms with Crippen molar-refractivity contribution in [3.8, 4) is 0 Å². The minimum Gasteiger partial charge on any atom is -0.481 e. The number of carboxylic acids is 1. The van der Waals surface area contributed by atoms with E-state index in [1.807, 2.05) is 20.8 Å². The molecule has 2 nitrogen and oxygen atoms in total. The molecule has 0 aromatic heterocycles. The first-order valence-electron chi connectivity index (χ1n) is 5.21. The summed E-state index contributed by atoms with van der Waals surface area (Å²) in [4.78, 5) is 9.00. The average molecular weight is 311 g/mol. The van der Waals surface area contributed by atoms with Crippen LogP contribution in [-0.2, 0) is 11.2 Å². The molecule has 0 bridgehead atoms. The summed E-state index contributed by atoms with van der Waals surface area (Å²) in [5.41, 5.74) is 0.655. The third-order valence-electron chi connectivity index (χ3n) is 1.45. The van der Waals surface area contributed by atoms with Crippen LogP contribution in [0.4, 0.5) is 8.78 Å². The largest absolute Gasteiger partial charge is 0.481 e. The van der Waals surface area contributed by atoms with Crippen LogP contribution in [-0.4, -0.2) is 11.1 Å². The molecule has 0 saturated carbocycles. The highest BCUT2D eigenvalue weighted by Gasteiger charge is 2.05. The third kappa shape index (κ3) is 8.80. The summed E-state index contributed by atoms with van der Waals surface area (Å²) in [6.45, 7) is 6.93. The van der Waals surface area contributed by atoms with Crippen LogP contribution < -0.4 is 0 Å². The summed E-state index contributed by atoms with van der Waals surface area (Å²) in [5, 5.41) is 7.42. The summed E-state index contributed by atoms with van der Waals surface area (Å²) in [6, 6.07) is 2.19. The van der Waals surface area contributed by atoms with Gasteiger partial charge in [-0.05, 0) is 34.0 Å². The molecule has 0 spiro atoms. The molecule has 17 heavy (non-hydrogen) atoms. The normalized spacial score (nSPS) is 8.41. The Morgan fingerprint density at radius 2 is 1.76 bits per heavy atom. The molecule has 0 aliphatic heterocycles. The number of carbonyl (C=O) groups is 1. The van der Waals surface area contributed by atoms with Gasteiger partial charge in [0.2, 0.25) is 0 Å². The van der Waals surface area contributed by atoms with Crippen LogP contribution in [0.3, 0.4) is 0 Å². The summed E-state index contributed by atoms with van der Waals surface area (Å²) in [6.07, 6.45) is 0.620. The molecular formula is C12H17BrF2O2. The molecule has 0 fully saturated rings. The molecule has 98 valence electrons. The van der Waals surface area contributed by atoms with Gasteiger partial charge >= 0.3 is 0 Å². The fourth-order valence-corrected chi connectivity index (χ4v) is 1.38. The van der Waals surface area contributed by atoms with Gasteiger partial charge in [-0.2, -0.15) is 0 Å². The Morgan fingerprint density at radius 1 is 1.35 bits per heavy atom. The van der Waals surface area contributed by atoms with Gasteiger partial charge in [0, 0.05) is 13.0 Å². The van der Waals surface area contributed by atoms with Crippen molar-refractivity contribution < 1.29 is 18.7 Å². The van der Waals surface area contributed by atoms with E-state index in [4.69, 9.17) is 9.90 Å². The smallest absolute Gasteiger partial charge is 0.300 e. The van der Waals surface area contributed by atoms with Crippen molar-refractivity contribution >= 4 is 21.9 Å². The van der Waals surface area contributed by atoms with Crippen LogP contribution in [0.5, 0.6) is 0 Å². The van der Waals surface area contributed by atoms with E-state index in [0.717, 1.165) is 13.0 Å². The number of rotatable bonds is 1. The molecule has 1 rings (SSSR count). The molecule has 1 aromatic carbocycles. The van der Waals surface area contributed by atoms with Crippen LogP contribution in [0.1, 0.15) is 33.3 Å². The SMILES string of the molecule is CC.CC(=O)O.CCc1cc(F)cc(F)c1Br. The second-order valence-electron chi connectivity index (χ2n) is 2.73. The van der Waals surface area contributed by atoms with Gasteiger partial charge in [0.05, 0.1) is 4.47 Å². The topological polar surface area (TPSA) is 37.3 Å². The highest BCUT2D eigenvalue weighted by molar-refractivity contribution is 9.10. The lowest BCUT2D eigenvalue weighted by Gasteiger charge is -2.01. The van der Waals surface area contributed by atoms with Crippen molar-refractivity contribution in [3.05, 3.63) is 33.8 Å². The van der Waals surface area contributed by atoms with Crippen molar-refractivity contribution in [1.29, 1.82) is 0 Å². The molecule has 0 atom stereocenters. The maximum atomic E-state index is 12.7. The minimum absolute atomic E-state index is 0.362. The van der Waals surface area contributed by atoms with Crippen molar-refractivity contribution in [2.75, 3.05) is 0 Å². The fraction of sp³-hybridized carbons (Fsp3) is 0.417. The van der Waals surface area contributed by atoms with Gasteiger partial charge in [0.25, 0.3) is 5.97 Å². The maximum Gasteiger partial charge on any atom is 0.300 e. The number of aryl methyl sites for hydroxylation is 1. The standard InChI is InChI=1S/C8H7BrF2.C2H4O2.C2H6/c1-2-5-3-6(10)4-7(11)8(5)9;1-2(3)4;1-2/h3-4H,2H2,1H3;1H3,(H,3,4);1-2H3. The third-order valence-corrected chi connectivity index (χ3v) is 2.34.